The van der Waals surface area contributed by atoms with Gasteiger partial charge in [-0.05, 0) is 26.3 Å². The van der Waals surface area contributed by atoms with Crippen LogP contribution in [0.2, 0.25) is 0 Å². The van der Waals surface area contributed by atoms with Crippen molar-refractivity contribution in [3.8, 4) is 0 Å². The highest BCUT2D eigenvalue weighted by Crippen LogP contribution is 2.23. The normalized spacial score (nSPS) is 21.8. The Hall–Kier alpha value is -0.680. The van der Waals surface area contributed by atoms with E-state index in [-0.39, 0.29) is 11.8 Å². The summed E-state index contributed by atoms with van der Waals surface area (Å²) in [5, 5.41) is 3.07. The topological polar surface area (TPSA) is 58.4 Å². The van der Waals surface area contributed by atoms with Gasteiger partial charge in [0, 0.05) is 19.0 Å². The minimum Gasteiger partial charge on any atom is -0.391 e. The molecule has 1 rings (SSSR count). The van der Waals surface area contributed by atoms with Gasteiger partial charge in [-0.2, -0.15) is 0 Å². The lowest BCUT2D eigenvalue weighted by Gasteiger charge is -2.41. The number of carbonyl (C=O) groups excluding carboxylic acids is 1. The molecule has 0 saturated carbocycles. The molecule has 0 bridgehead atoms. The van der Waals surface area contributed by atoms with Gasteiger partial charge < -0.3 is 16.0 Å². The number of nitrogens with two attached hydrogens (primary N) is 1. The second kappa shape index (κ2) is 5.78. The summed E-state index contributed by atoms with van der Waals surface area (Å²) in [6.07, 6.45) is 2.45. The Morgan fingerprint density at radius 1 is 1.53 bits per heavy atom. The van der Waals surface area contributed by atoms with E-state index in [1.165, 1.54) is 0 Å². The number of amides is 1. The van der Waals surface area contributed by atoms with Gasteiger partial charge in [0.2, 0.25) is 5.91 Å². The lowest BCUT2D eigenvalue weighted by Crippen LogP contribution is -2.62. The molecule has 98 valence electrons. The third kappa shape index (κ3) is 3.39. The summed E-state index contributed by atoms with van der Waals surface area (Å²) < 4.78 is 0. The summed E-state index contributed by atoms with van der Waals surface area (Å²) in [6, 6.07) is 0. The Morgan fingerprint density at radius 2 is 2.06 bits per heavy atom. The molecular weight excluding hydrogens is 234 g/mol. The lowest BCUT2D eigenvalue weighted by molar-refractivity contribution is -0.126. The number of carbonyl (C=O) groups is 1. The summed E-state index contributed by atoms with van der Waals surface area (Å²) in [6.45, 7) is 5.76. The predicted octanol–water partition coefficient (Wildman–Crippen LogP) is 0.899. The fourth-order valence-electron chi connectivity index (χ4n) is 1.98. The summed E-state index contributed by atoms with van der Waals surface area (Å²) in [5.41, 5.74) is 5.37. The molecule has 17 heavy (non-hydrogen) atoms. The SMILES string of the molecule is CCC(C)C(=O)NC1(C(N)=S)CCN(C)CC1. The first-order valence-electron chi connectivity index (χ1n) is 6.22. The Labute approximate surface area is 109 Å². The molecule has 1 aliphatic heterocycles. The maximum absolute atomic E-state index is 12.0. The third-order valence-electron chi connectivity index (χ3n) is 3.73. The summed E-state index contributed by atoms with van der Waals surface area (Å²) in [5.74, 6) is 0.0748. The number of hydrogen-bond donors (Lipinski definition) is 2. The maximum Gasteiger partial charge on any atom is 0.223 e. The molecule has 0 spiro atoms. The van der Waals surface area contributed by atoms with Crippen molar-refractivity contribution in [3.05, 3.63) is 0 Å². The number of likely N-dealkylation sites (tertiary alicyclic amines) is 1. The van der Waals surface area contributed by atoms with Crippen LogP contribution in [0.4, 0.5) is 0 Å². The van der Waals surface area contributed by atoms with Crippen LogP contribution < -0.4 is 11.1 Å². The molecule has 0 aromatic heterocycles. The fourth-order valence-corrected chi connectivity index (χ4v) is 2.23. The fraction of sp³-hybridized carbons (Fsp3) is 0.833. The molecule has 4 nitrogen and oxygen atoms in total. The molecule has 1 unspecified atom stereocenters. The zero-order valence-corrected chi connectivity index (χ0v) is 11.8. The van der Waals surface area contributed by atoms with Crippen LogP contribution in [0, 0.1) is 5.92 Å². The first-order valence-corrected chi connectivity index (χ1v) is 6.62. The monoisotopic (exact) mass is 257 g/mol. The van der Waals surface area contributed by atoms with Crippen molar-refractivity contribution < 1.29 is 4.79 Å². The molecule has 3 N–H and O–H groups in total. The molecule has 0 aromatic rings. The molecule has 1 fully saturated rings. The minimum atomic E-state index is -0.470. The zero-order valence-electron chi connectivity index (χ0n) is 11.0. The number of rotatable bonds is 4. The van der Waals surface area contributed by atoms with Crippen LogP contribution in [0.1, 0.15) is 33.1 Å². The maximum atomic E-state index is 12.0. The van der Waals surface area contributed by atoms with Gasteiger partial charge in [-0.25, -0.2) is 0 Å². The van der Waals surface area contributed by atoms with E-state index in [9.17, 15) is 4.79 Å². The smallest absolute Gasteiger partial charge is 0.223 e. The number of nitrogens with zero attached hydrogens (tertiary/aromatic N) is 1. The quantitative estimate of drug-likeness (QED) is 0.735. The summed E-state index contributed by atoms with van der Waals surface area (Å²) >= 11 is 5.15. The van der Waals surface area contributed by atoms with E-state index >= 15 is 0 Å². The predicted molar refractivity (Wildman–Crippen MR) is 73.8 cm³/mol. The first-order chi connectivity index (χ1) is 7.91. The average Bonchev–Trinajstić information content (AvgIpc) is 2.30. The number of piperidine rings is 1. The Kier molecular flexibility index (Phi) is 4.89. The van der Waals surface area contributed by atoms with Gasteiger partial charge in [-0.1, -0.05) is 26.1 Å². The van der Waals surface area contributed by atoms with Gasteiger partial charge in [-0.3, -0.25) is 4.79 Å². The van der Waals surface area contributed by atoms with Crippen molar-refractivity contribution in [1.82, 2.24) is 10.2 Å². The van der Waals surface area contributed by atoms with Crippen molar-refractivity contribution in [2.24, 2.45) is 11.7 Å². The third-order valence-corrected chi connectivity index (χ3v) is 4.13. The van der Waals surface area contributed by atoms with E-state index in [1.54, 1.807) is 0 Å². The minimum absolute atomic E-state index is 0.0147. The molecule has 1 amide bonds. The van der Waals surface area contributed by atoms with Gasteiger partial charge in [0.05, 0.1) is 10.5 Å². The molecule has 1 saturated heterocycles. The number of nitrogens with one attached hydrogen (secondary N) is 1. The van der Waals surface area contributed by atoms with E-state index in [0.717, 1.165) is 32.4 Å². The molecule has 1 heterocycles. The van der Waals surface area contributed by atoms with E-state index < -0.39 is 5.54 Å². The second-order valence-corrected chi connectivity index (χ2v) is 5.49. The van der Waals surface area contributed by atoms with Crippen LogP contribution >= 0.6 is 12.2 Å². The van der Waals surface area contributed by atoms with Crippen LogP contribution in [0.3, 0.4) is 0 Å². The highest BCUT2D eigenvalue weighted by atomic mass is 32.1. The van der Waals surface area contributed by atoms with Gasteiger partial charge in [0.25, 0.3) is 0 Å². The molecular formula is C12H23N3OS. The van der Waals surface area contributed by atoms with Crippen LogP contribution in [-0.4, -0.2) is 41.5 Å². The van der Waals surface area contributed by atoms with Crippen LogP contribution in [0.5, 0.6) is 0 Å². The van der Waals surface area contributed by atoms with Crippen molar-refractivity contribution in [1.29, 1.82) is 0 Å². The molecule has 5 heteroatoms. The lowest BCUT2D eigenvalue weighted by atomic mass is 9.86. The van der Waals surface area contributed by atoms with E-state index in [4.69, 9.17) is 18.0 Å². The summed E-state index contributed by atoms with van der Waals surface area (Å²) in [7, 11) is 2.07. The number of hydrogen-bond acceptors (Lipinski definition) is 3. The van der Waals surface area contributed by atoms with Crippen molar-refractivity contribution in [2.75, 3.05) is 20.1 Å². The van der Waals surface area contributed by atoms with Gasteiger partial charge in [0.1, 0.15) is 0 Å². The van der Waals surface area contributed by atoms with Crippen LogP contribution in [-0.2, 0) is 4.79 Å². The van der Waals surface area contributed by atoms with Gasteiger partial charge >= 0.3 is 0 Å². The van der Waals surface area contributed by atoms with Crippen molar-refractivity contribution in [3.63, 3.8) is 0 Å². The Morgan fingerprint density at radius 3 is 2.47 bits per heavy atom. The molecule has 1 aliphatic rings. The Bertz CT molecular complexity index is 298. The highest BCUT2D eigenvalue weighted by molar-refractivity contribution is 7.80. The molecule has 0 radical (unpaired) electrons. The van der Waals surface area contributed by atoms with Gasteiger partial charge in [-0.15, -0.1) is 0 Å². The van der Waals surface area contributed by atoms with E-state index in [0.29, 0.717) is 4.99 Å². The molecule has 0 aromatic carbocycles. The highest BCUT2D eigenvalue weighted by Gasteiger charge is 2.38. The first kappa shape index (κ1) is 14.4. The molecule has 1 atom stereocenters. The summed E-state index contributed by atoms with van der Waals surface area (Å²) in [4.78, 5) is 14.6. The van der Waals surface area contributed by atoms with Crippen LogP contribution in [0.25, 0.3) is 0 Å². The van der Waals surface area contributed by atoms with Crippen LogP contribution in [0.15, 0.2) is 0 Å². The number of thiocarbonyl (C=S) groups is 1. The average molecular weight is 257 g/mol. The van der Waals surface area contributed by atoms with Crippen molar-refractivity contribution in [2.45, 2.75) is 38.6 Å². The molecule has 0 aliphatic carbocycles. The second-order valence-electron chi connectivity index (χ2n) is 5.05. The van der Waals surface area contributed by atoms with E-state index in [1.807, 2.05) is 13.8 Å². The Balaban J connectivity index is 2.73. The zero-order chi connectivity index (χ0) is 13.1. The largest absolute Gasteiger partial charge is 0.391 e. The van der Waals surface area contributed by atoms with Gasteiger partial charge in [0.15, 0.2) is 0 Å². The van der Waals surface area contributed by atoms with E-state index in [2.05, 4.69) is 17.3 Å². The van der Waals surface area contributed by atoms with Crippen molar-refractivity contribution >= 4 is 23.1 Å². The standard InChI is InChI=1S/C12H23N3OS/c1-4-9(2)10(16)14-12(11(13)17)5-7-15(3)8-6-12/h9H,4-8H2,1-3H3,(H2,13,17)(H,14,16).